The van der Waals surface area contributed by atoms with Gasteiger partial charge in [-0.25, -0.2) is 0 Å². The van der Waals surface area contributed by atoms with Crippen LogP contribution in [0.3, 0.4) is 0 Å². The van der Waals surface area contributed by atoms with E-state index >= 15 is 0 Å². The molecule has 0 aromatic heterocycles. The Kier molecular flexibility index (Phi) is 5.28. The summed E-state index contributed by atoms with van der Waals surface area (Å²) in [4.78, 5) is 0.0212. The van der Waals surface area contributed by atoms with Crippen molar-refractivity contribution in [2.45, 2.75) is 10.9 Å². The van der Waals surface area contributed by atoms with Crippen molar-refractivity contribution < 1.29 is 9.47 Å². The fraction of sp³-hybridized carbons (Fsp3) is 0.188. The van der Waals surface area contributed by atoms with Crippen molar-refractivity contribution in [2.24, 2.45) is 0 Å². The van der Waals surface area contributed by atoms with E-state index < -0.39 is 0 Å². The Bertz CT molecular complexity index is 473. The molecule has 0 N–H and O–H groups in total. The average molecular weight is 320 g/mol. The highest BCUT2D eigenvalue weighted by atomic mass is 79.9. The SMILES string of the molecule is [CH2]C(Oc1ccccc1)C(Br)COc1ccccc1. The van der Waals surface area contributed by atoms with Crippen molar-refractivity contribution in [3.8, 4) is 11.5 Å². The molecule has 0 aliphatic carbocycles. The number of benzene rings is 2. The van der Waals surface area contributed by atoms with E-state index in [0.29, 0.717) is 6.61 Å². The van der Waals surface area contributed by atoms with Crippen molar-refractivity contribution in [2.75, 3.05) is 6.61 Å². The van der Waals surface area contributed by atoms with Crippen LogP contribution in [0.25, 0.3) is 0 Å². The van der Waals surface area contributed by atoms with Gasteiger partial charge in [0.1, 0.15) is 24.2 Å². The minimum absolute atomic E-state index is 0.0212. The van der Waals surface area contributed by atoms with Crippen LogP contribution in [-0.2, 0) is 0 Å². The minimum Gasteiger partial charge on any atom is -0.492 e. The molecule has 2 unspecified atom stereocenters. The first-order valence-corrected chi connectivity index (χ1v) is 7.04. The molecule has 0 spiro atoms. The molecule has 0 amide bonds. The lowest BCUT2D eigenvalue weighted by Gasteiger charge is -2.20. The smallest absolute Gasteiger partial charge is 0.119 e. The van der Waals surface area contributed by atoms with Crippen LogP contribution in [0.15, 0.2) is 60.7 Å². The Morgan fingerprint density at radius 3 is 2.00 bits per heavy atom. The standard InChI is InChI=1S/C16H16BrO2/c1-13(19-15-10-6-3-7-11-15)16(17)12-18-14-8-4-2-5-9-14/h2-11,13,16H,1,12H2. The van der Waals surface area contributed by atoms with Gasteiger partial charge < -0.3 is 9.47 Å². The van der Waals surface area contributed by atoms with Gasteiger partial charge in [-0.15, -0.1) is 0 Å². The van der Waals surface area contributed by atoms with Crippen molar-refractivity contribution in [3.63, 3.8) is 0 Å². The van der Waals surface area contributed by atoms with E-state index in [0.717, 1.165) is 11.5 Å². The third-order valence-corrected chi connectivity index (χ3v) is 3.44. The molecule has 2 nitrogen and oxygen atoms in total. The summed E-state index contributed by atoms with van der Waals surface area (Å²) in [5, 5.41) is 0. The van der Waals surface area contributed by atoms with Crippen LogP contribution < -0.4 is 9.47 Å². The Labute approximate surface area is 122 Å². The molecule has 0 bridgehead atoms. The van der Waals surface area contributed by atoms with Gasteiger partial charge in [0.25, 0.3) is 0 Å². The van der Waals surface area contributed by atoms with Gasteiger partial charge in [0.2, 0.25) is 0 Å². The number of rotatable bonds is 6. The molecule has 2 rings (SSSR count). The quantitative estimate of drug-likeness (QED) is 0.746. The van der Waals surface area contributed by atoms with Crippen molar-refractivity contribution in [3.05, 3.63) is 67.6 Å². The monoisotopic (exact) mass is 319 g/mol. The predicted octanol–water partition coefficient (Wildman–Crippen LogP) is 4.11. The van der Waals surface area contributed by atoms with Crippen molar-refractivity contribution in [1.29, 1.82) is 0 Å². The maximum absolute atomic E-state index is 5.73. The summed E-state index contributed by atoms with van der Waals surface area (Å²) >= 11 is 3.55. The Balaban J connectivity index is 1.81. The summed E-state index contributed by atoms with van der Waals surface area (Å²) in [6, 6.07) is 19.4. The molecule has 0 saturated heterocycles. The van der Waals surface area contributed by atoms with Gasteiger partial charge in [-0.1, -0.05) is 52.3 Å². The summed E-state index contributed by atoms with van der Waals surface area (Å²) in [5.41, 5.74) is 0. The Hall–Kier alpha value is -1.48. The molecular weight excluding hydrogens is 304 g/mol. The Morgan fingerprint density at radius 1 is 0.895 bits per heavy atom. The van der Waals surface area contributed by atoms with Crippen LogP contribution in [0.5, 0.6) is 11.5 Å². The largest absolute Gasteiger partial charge is 0.492 e. The minimum atomic E-state index is -0.217. The molecule has 2 aromatic rings. The van der Waals surface area contributed by atoms with Gasteiger partial charge in [0, 0.05) is 0 Å². The summed E-state index contributed by atoms with van der Waals surface area (Å²) in [7, 11) is 0. The highest BCUT2D eigenvalue weighted by molar-refractivity contribution is 9.09. The maximum Gasteiger partial charge on any atom is 0.119 e. The van der Waals surface area contributed by atoms with Gasteiger partial charge in [-0.2, -0.15) is 0 Å². The third-order valence-electron chi connectivity index (χ3n) is 2.59. The lowest BCUT2D eigenvalue weighted by Crippen LogP contribution is -2.29. The van der Waals surface area contributed by atoms with Gasteiger partial charge in [0.15, 0.2) is 0 Å². The van der Waals surface area contributed by atoms with Gasteiger partial charge >= 0.3 is 0 Å². The molecule has 99 valence electrons. The fourth-order valence-electron chi connectivity index (χ4n) is 1.55. The first-order valence-electron chi connectivity index (χ1n) is 6.12. The molecule has 1 radical (unpaired) electrons. The molecular formula is C16H16BrO2. The number of hydrogen-bond donors (Lipinski definition) is 0. The second-order valence-electron chi connectivity index (χ2n) is 4.11. The number of ether oxygens (including phenoxy) is 2. The van der Waals surface area contributed by atoms with E-state index in [4.69, 9.17) is 9.47 Å². The molecule has 3 heteroatoms. The number of para-hydroxylation sites is 2. The van der Waals surface area contributed by atoms with Gasteiger partial charge in [-0.05, 0) is 31.2 Å². The van der Waals surface area contributed by atoms with Crippen LogP contribution in [0.2, 0.25) is 0 Å². The molecule has 0 heterocycles. The summed E-state index contributed by atoms with van der Waals surface area (Å²) in [6.45, 7) is 4.50. The summed E-state index contributed by atoms with van der Waals surface area (Å²) in [6.07, 6.45) is -0.217. The first kappa shape index (κ1) is 13.9. The zero-order chi connectivity index (χ0) is 13.5. The number of hydrogen-bond acceptors (Lipinski definition) is 2. The van der Waals surface area contributed by atoms with E-state index in [1.165, 1.54) is 0 Å². The molecule has 0 fully saturated rings. The van der Waals surface area contributed by atoms with Crippen LogP contribution >= 0.6 is 15.9 Å². The third kappa shape index (κ3) is 4.60. The maximum atomic E-state index is 5.73. The lowest BCUT2D eigenvalue weighted by molar-refractivity contribution is 0.206. The molecule has 0 saturated carbocycles. The van der Waals surface area contributed by atoms with Crippen LogP contribution in [0.4, 0.5) is 0 Å². The highest BCUT2D eigenvalue weighted by Gasteiger charge is 2.16. The lowest BCUT2D eigenvalue weighted by atomic mass is 10.3. The normalized spacial score (nSPS) is 13.6. The molecule has 2 atom stereocenters. The molecule has 19 heavy (non-hydrogen) atoms. The van der Waals surface area contributed by atoms with E-state index in [1.807, 2.05) is 60.7 Å². The summed E-state index contributed by atoms with van der Waals surface area (Å²) in [5.74, 6) is 1.66. The van der Waals surface area contributed by atoms with Crippen LogP contribution in [0.1, 0.15) is 0 Å². The van der Waals surface area contributed by atoms with E-state index in [9.17, 15) is 0 Å². The highest BCUT2D eigenvalue weighted by Crippen LogP contribution is 2.17. The van der Waals surface area contributed by atoms with Gasteiger partial charge in [0.05, 0.1) is 4.83 Å². The van der Waals surface area contributed by atoms with Gasteiger partial charge in [-0.3, -0.25) is 0 Å². The molecule has 2 aromatic carbocycles. The van der Waals surface area contributed by atoms with E-state index in [-0.39, 0.29) is 10.9 Å². The zero-order valence-corrected chi connectivity index (χ0v) is 12.1. The number of alkyl halides is 1. The topological polar surface area (TPSA) is 18.5 Å². The molecule has 0 aliphatic heterocycles. The van der Waals surface area contributed by atoms with Crippen LogP contribution in [-0.4, -0.2) is 17.5 Å². The van der Waals surface area contributed by atoms with Crippen LogP contribution in [0, 0.1) is 6.92 Å². The number of halogens is 1. The second-order valence-corrected chi connectivity index (χ2v) is 5.29. The fourth-order valence-corrected chi connectivity index (χ4v) is 1.79. The van der Waals surface area contributed by atoms with E-state index in [1.54, 1.807) is 0 Å². The second kappa shape index (κ2) is 7.19. The summed E-state index contributed by atoms with van der Waals surface area (Å²) < 4.78 is 11.4. The Morgan fingerprint density at radius 2 is 1.42 bits per heavy atom. The first-order chi connectivity index (χ1) is 9.25. The zero-order valence-electron chi connectivity index (χ0n) is 10.5. The molecule has 0 aliphatic rings. The van der Waals surface area contributed by atoms with E-state index in [2.05, 4.69) is 22.9 Å². The average Bonchev–Trinajstić information content (AvgIpc) is 2.47. The van der Waals surface area contributed by atoms with Crippen molar-refractivity contribution >= 4 is 15.9 Å². The predicted molar refractivity (Wildman–Crippen MR) is 80.9 cm³/mol. The van der Waals surface area contributed by atoms with Crippen molar-refractivity contribution in [1.82, 2.24) is 0 Å².